The molecule has 2 rings (SSSR count). The van der Waals surface area contributed by atoms with Crippen LogP contribution in [-0.2, 0) is 0 Å². The first-order valence-corrected chi connectivity index (χ1v) is 6.76. The zero-order valence-electron chi connectivity index (χ0n) is 9.72. The lowest BCUT2D eigenvalue weighted by molar-refractivity contribution is 0.0695. The molecule has 0 saturated carbocycles. The van der Waals surface area contributed by atoms with E-state index in [-0.39, 0.29) is 11.6 Å². The number of hydrogen-bond acceptors (Lipinski definition) is 4. The maximum Gasteiger partial charge on any atom is 0.339 e. The van der Waals surface area contributed by atoms with Crippen molar-refractivity contribution in [2.24, 2.45) is 0 Å². The molecule has 0 bridgehead atoms. The molecule has 2 aromatic rings. The molecule has 0 unspecified atom stereocenters. The third-order valence-corrected chi connectivity index (χ3v) is 3.40. The van der Waals surface area contributed by atoms with Crippen molar-refractivity contribution in [3.05, 3.63) is 44.6 Å². The average Bonchev–Trinajstić information content (AvgIpc) is 2.32. The number of carboxylic acids is 1. The van der Waals surface area contributed by atoms with E-state index in [0.29, 0.717) is 11.4 Å². The predicted molar refractivity (Wildman–Crippen MR) is 75.6 cm³/mol. The smallest absolute Gasteiger partial charge is 0.339 e. The monoisotopic (exact) mass is 386 g/mol. The van der Waals surface area contributed by atoms with Gasteiger partial charge in [0.25, 0.3) is 0 Å². The van der Waals surface area contributed by atoms with Crippen LogP contribution in [0.25, 0.3) is 0 Å². The summed E-state index contributed by atoms with van der Waals surface area (Å²) in [6.07, 6.45) is 1.23. The van der Waals surface area contributed by atoms with Crippen molar-refractivity contribution in [2.75, 3.05) is 0 Å². The van der Waals surface area contributed by atoms with E-state index in [0.717, 1.165) is 8.95 Å². The summed E-state index contributed by atoms with van der Waals surface area (Å²) in [4.78, 5) is 18.7. The first-order valence-electron chi connectivity index (χ1n) is 5.17. The van der Waals surface area contributed by atoms with Gasteiger partial charge < -0.3 is 9.84 Å². The molecule has 0 fully saturated rings. The largest absolute Gasteiger partial charge is 0.478 e. The molecule has 7 heteroatoms. The number of aromatic nitrogens is 2. The van der Waals surface area contributed by atoms with E-state index in [1.165, 1.54) is 6.20 Å². The molecule has 98 valence electrons. The van der Waals surface area contributed by atoms with Gasteiger partial charge in [-0.3, -0.25) is 0 Å². The van der Waals surface area contributed by atoms with Crippen LogP contribution in [0.3, 0.4) is 0 Å². The van der Waals surface area contributed by atoms with Crippen molar-refractivity contribution in [1.82, 2.24) is 9.97 Å². The number of carbonyl (C=O) groups is 1. The Morgan fingerprint density at radius 1 is 1.37 bits per heavy atom. The fourth-order valence-electron chi connectivity index (χ4n) is 1.36. The normalized spacial score (nSPS) is 10.3. The summed E-state index contributed by atoms with van der Waals surface area (Å²) in [5, 5.41) is 8.89. The molecular formula is C12H8Br2N2O3. The van der Waals surface area contributed by atoms with Crippen LogP contribution in [0.5, 0.6) is 11.8 Å². The van der Waals surface area contributed by atoms with E-state index < -0.39 is 5.97 Å². The molecule has 19 heavy (non-hydrogen) atoms. The highest BCUT2D eigenvalue weighted by Gasteiger charge is 2.12. The zero-order valence-corrected chi connectivity index (χ0v) is 12.9. The Morgan fingerprint density at radius 2 is 2.11 bits per heavy atom. The highest BCUT2D eigenvalue weighted by atomic mass is 79.9. The van der Waals surface area contributed by atoms with Gasteiger partial charge in [-0.2, -0.15) is 4.98 Å². The molecular weight excluding hydrogens is 380 g/mol. The third kappa shape index (κ3) is 3.30. The van der Waals surface area contributed by atoms with Crippen molar-refractivity contribution in [3.8, 4) is 11.8 Å². The SMILES string of the molecule is Cc1nc(Oc2ccc(Br)cc2Br)ncc1C(=O)O. The molecule has 0 aliphatic carbocycles. The maximum absolute atomic E-state index is 10.8. The van der Waals surface area contributed by atoms with Gasteiger partial charge in [0.1, 0.15) is 5.75 Å². The highest BCUT2D eigenvalue weighted by molar-refractivity contribution is 9.11. The summed E-state index contributed by atoms with van der Waals surface area (Å²) < 4.78 is 7.15. The molecule has 0 saturated heterocycles. The van der Waals surface area contributed by atoms with Crippen LogP contribution in [0.15, 0.2) is 33.3 Å². The van der Waals surface area contributed by atoms with E-state index in [9.17, 15) is 4.79 Å². The van der Waals surface area contributed by atoms with Crippen molar-refractivity contribution < 1.29 is 14.6 Å². The van der Waals surface area contributed by atoms with Gasteiger partial charge >= 0.3 is 12.0 Å². The summed E-state index contributed by atoms with van der Waals surface area (Å²) in [6, 6.07) is 5.50. The quantitative estimate of drug-likeness (QED) is 0.866. The van der Waals surface area contributed by atoms with Crippen molar-refractivity contribution in [1.29, 1.82) is 0 Å². The Balaban J connectivity index is 2.29. The molecule has 0 aliphatic heterocycles. The minimum atomic E-state index is -1.06. The first kappa shape index (κ1) is 14.0. The minimum Gasteiger partial charge on any atom is -0.478 e. The number of halogens is 2. The van der Waals surface area contributed by atoms with E-state index in [4.69, 9.17) is 9.84 Å². The number of hydrogen-bond donors (Lipinski definition) is 1. The summed E-state index contributed by atoms with van der Waals surface area (Å²) in [7, 11) is 0. The summed E-state index contributed by atoms with van der Waals surface area (Å²) in [5.41, 5.74) is 0.410. The number of nitrogens with zero attached hydrogens (tertiary/aromatic N) is 2. The second-order valence-electron chi connectivity index (χ2n) is 3.63. The highest BCUT2D eigenvalue weighted by Crippen LogP contribution is 2.30. The van der Waals surface area contributed by atoms with Gasteiger partial charge in [-0.05, 0) is 41.1 Å². The van der Waals surface area contributed by atoms with Gasteiger partial charge in [0.2, 0.25) is 0 Å². The molecule has 0 amide bonds. The number of benzene rings is 1. The molecule has 1 N–H and O–H groups in total. The van der Waals surface area contributed by atoms with Crippen LogP contribution in [0.1, 0.15) is 16.1 Å². The minimum absolute atomic E-state index is 0.0576. The molecule has 1 heterocycles. The van der Waals surface area contributed by atoms with Crippen LogP contribution < -0.4 is 4.74 Å². The lowest BCUT2D eigenvalue weighted by Crippen LogP contribution is -2.04. The number of rotatable bonds is 3. The second kappa shape index (κ2) is 5.66. The Hall–Kier alpha value is -1.47. The van der Waals surface area contributed by atoms with Crippen LogP contribution in [0.4, 0.5) is 0 Å². The van der Waals surface area contributed by atoms with Gasteiger partial charge in [-0.15, -0.1) is 0 Å². The van der Waals surface area contributed by atoms with Crippen LogP contribution in [0.2, 0.25) is 0 Å². The molecule has 0 radical (unpaired) electrons. The molecule has 0 aliphatic rings. The first-order chi connectivity index (χ1) is 8.97. The van der Waals surface area contributed by atoms with Crippen LogP contribution >= 0.6 is 31.9 Å². The van der Waals surface area contributed by atoms with Crippen molar-refractivity contribution in [3.63, 3.8) is 0 Å². The molecule has 1 aromatic heterocycles. The van der Waals surface area contributed by atoms with Gasteiger partial charge in [-0.25, -0.2) is 9.78 Å². The lowest BCUT2D eigenvalue weighted by Gasteiger charge is -2.07. The summed E-state index contributed by atoms with van der Waals surface area (Å²) >= 11 is 6.69. The number of aromatic carboxylic acids is 1. The molecule has 0 atom stereocenters. The topological polar surface area (TPSA) is 72.3 Å². The average molecular weight is 388 g/mol. The van der Waals surface area contributed by atoms with E-state index in [2.05, 4.69) is 41.8 Å². The van der Waals surface area contributed by atoms with E-state index in [1.54, 1.807) is 13.0 Å². The van der Waals surface area contributed by atoms with E-state index >= 15 is 0 Å². The van der Waals surface area contributed by atoms with Gasteiger partial charge in [-0.1, -0.05) is 15.9 Å². The van der Waals surface area contributed by atoms with Gasteiger partial charge in [0.15, 0.2) is 0 Å². The zero-order chi connectivity index (χ0) is 14.0. The third-order valence-electron chi connectivity index (χ3n) is 2.28. The van der Waals surface area contributed by atoms with Crippen molar-refractivity contribution >= 4 is 37.8 Å². The Labute approximate surface area is 125 Å². The van der Waals surface area contributed by atoms with Crippen molar-refractivity contribution in [2.45, 2.75) is 6.92 Å². The Morgan fingerprint density at radius 3 is 2.68 bits per heavy atom. The molecule has 1 aromatic carbocycles. The summed E-state index contributed by atoms with van der Waals surface area (Å²) in [5.74, 6) is -0.514. The Kier molecular flexibility index (Phi) is 4.16. The fraction of sp³-hybridized carbons (Fsp3) is 0.0833. The van der Waals surface area contributed by atoms with Crippen LogP contribution in [0, 0.1) is 6.92 Å². The van der Waals surface area contributed by atoms with E-state index in [1.807, 2.05) is 12.1 Å². The Bertz CT molecular complexity index is 647. The van der Waals surface area contributed by atoms with Crippen LogP contribution in [-0.4, -0.2) is 21.0 Å². The maximum atomic E-state index is 10.8. The summed E-state index contributed by atoms with van der Waals surface area (Å²) in [6.45, 7) is 1.59. The second-order valence-corrected chi connectivity index (χ2v) is 5.40. The van der Waals surface area contributed by atoms with Gasteiger partial charge in [0, 0.05) is 10.7 Å². The van der Waals surface area contributed by atoms with Gasteiger partial charge in [0.05, 0.1) is 15.7 Å². The molecule has 5 nitrogen and oxygen atoms in total. The molecule has 0 spiro atoms. The predicted octanol–water partition coefficient (Wildman–Crippen LogP) is 3.80. The number of aryl methyl sites for hydroxylation is 1. The standard InChI is InChI=1S/C12H8Br2N2O3/c1-6-8(11(17)18)5-15-12(16-6)19-10-3-2-7(13)4-9(10)14/h2-5H,1H3,(H,17,18). The fourth-order valence-corrected chi connectivity index (χ4v) is 2.49. The number of carboxylic acid groups (broad SMARTS) is 1. The number of ether oxygens (including phenoxy) is 1. The lowest BCUT2D eigenvalue weighted by atomic mass is 10.2.